The van der Waals surface area contributed by atoms with Crippen LogP contribution in [0.3, 0.4) is 0 Å². The summed E-state index contributed by atoms with van der Waals surface area (Å²) >= 11 is 0. The average Bonchev–Trinajstić information content (AvgIpc) is 2.49. The second-order valence-electron chi connectivity index (χ2n) is 4.85. The summed E-state index contributed by atoms with van der Waals surface area (Å²) < 4.78 is 103. The molecule has 0 unspecified atom stereocenters. The fraction of sp³-hybridized carbons (Fsp3) is 0.133. The Bertz CT molecular complexity index is 778. The number of hydrogen-bond acceptors (Lipinski definition) is 1. The summed E-state index contributed by atoms with van der Waals surface area (Å²) in [6.07, 6.45) is -10.3. The molecule has 25 heavy (non-hydrogen) atoms. The second kappa shape index (κ2) is 6.34. The number of amides is 1. The van der Waals surface area contributed by atoms with Gasteiger partial charge in [-0.3, -0.25) is 4.79 Å². The maximum Gasteiger partial charge on any atom is 0.416 e. The highest BCUT2D eigenvalue weighted by molar-refractivity contribution is 6.04. The van der Waals surface area contributed by atoms with E-state index in [0.717, 1.165) is 18.2 Å². The van der Waals surface area contributed by atoms with E-state index in [0.29, 0.717) is 0 Å². The van der Waals surface area contributed by atoms with Crippen LogP contribution in [0.1, 0.15) is 21.5 Å². The minimum Gasteiger partial charge on any atom is -0.319 e. The topological polar surface area (TPSA) is 29.1 Å². The molecule has 10 heteroatoms. The number of carbonyl (C=O) groups is 1. The van der Waals surface area contributed by atoms with Gasteiger partial charge in [-0.25, -0.2) is 8.78 Å². The molecule has 0 aliphatic heterocycles. The van der Waals surface area contributed by atoms with Crippen LogP contribution in [0.4, 0.5) is 40.8 Å². The lowest BCUT2D eigenvalue weighted by atomic mass is 10.0. The molecular formula is C15H7F8NO. The Hall–Kier alpha value is -2.65. The van der Waals surface area contributed by atoms with Crippen molar-refractivity contribution in [2.45, 2.75) is 12.4 Å². The smallest absolute Gasteiger partial charge is 0.319 e. The van der Waals surface area contributed by atoms with Crippen molar-refractivity contribution in [3.8, 4) is 0 Å². The molecule has 1 N–H and O–H groups in total. The molecule has 0 saturated carbocycles. The van der Waals surface area contributed by atoms with Gasteiger partial charge in [0.25, 0.3) is 5.91 Å². The van der Waals surface area contributed by atoms with Gasteiger partial charge >= 0.3 is 12.4 Å². The third-order valence-electron chi connectivity index (χ3n) is 3.05. The summed E-state index contributed by atoms with van der Waals surface area (Å²) in [5, 5.41) is 1.74. The second-order valence-corrected chi connectivity index (χ2v) is 4.85. The van der Waals surface area contributed by atoms with E-state index in [-0.39, 0.29) is 18.2 Å². The normalized spacial score (nSPS) is 12.2. The molecule has 0 aliphatic carbocycles. The molecule has 0 atom stereocenters. The van der Waals surface area contributed by atoms with E-state index in [2.05, 4.69) is 0 Å². The first-order valence-corrected chi connectivity index (χ1v) is 6.44. The maximum atomic E-state index is 13.5. The summed E-state index contributed by atoms with van der Waals surface area (Å²) in [5.41, 5.74) is -5.14. The zero-order chi connectivity index (χ0) is 19.0. The predicted molar refractivity (Wildman–Crippen MR) is 70.8 cm³/mol. The Balaban J connectivity index is 2.47. The summed E-state index contributed by atoms with van der Waals surface area (Å²) in [5.74, 6) is -4.31. The average molecular weight is 369 g/mol. The minimum absolute atomic E-state index is 0.153. The van der Waals surface area contributed by atoms with Crippen LogP contribution < -0.4 is 5.32 Å². The quantitative estimate of drug-likeness (QED) is 0.720. The molecule has 0 aromatic heterocycles. The van der Waals surface area contributed by atoms with Gasteiger partial charge in [-0.15, -0.1) is 0 Å². The lowest BCUT2D eigenvalue weighted by Gasteiger charge is -2.14. The highest BCUT2D eigenvalue weighted by Crippen LogP contribution is 2.36. The third-order valence-corrected chi connectivity index (χ3v) is 3.05. The number of alkyl halides is 6. The minimum atomic E-state index is -5.14. The number of carbonyl (C=O) groups excluding carboxylic acids is 1. The number of hydrogen-bond donors (Lipinski definition) is 1. The van der Waals surface area contributed by atoms with E-state index < -0.39 is 52.3 Å². The third kappa shape index (κ3) is 4.25. The van der Waals surface area contributed by atoms with Gasteiger partial charge in [0, 0.05) is 5.56 Å². The van der Waals surface area contributed by atoms with Crippen LogP contribution >= 0.6 is 0 Å². The van der Waals surface area contributed by atoms with Gasteiger partial charge < -0.3 is 5.32 Å². The van der Waals surface area contributed by atoms with Gasteiger partial charge in [0.15, 0.2) is 11.6 Å². The van der Waals surface area contributed by atoms with E-state index in [4.69, 9.17) is 0 Å². The monoisotopic (exact) mass is 369 g/mol. The van der Waals surface area contributed by atoms with Gasteiger partial charge in [-0.2, -0.15) is 26.3 Å². The first-order valence-electron chi connectivity index (χ1n) is 6.44. The van der Waals surface area contributed by atoms with Crippen LogP contribution in [-0.4, -0.2) is 5.91 Å². The molecule has 2 rings (SSSR count). The van der Waals surface area contributed by atoms with Gasteiger partial charge in [0.2, 0.25) is 0 Å². The summed E-state index contributed by atoms with van der Waals surface area (Å²) in [4.78, 5) is 11.9. The largest absolute Gasteiger partial charge is 0.416 e. The van der Waals surface area contributed by atoms with Gasteiger partial charge in [0.05, 0.1) is 16.8 Å². The summed E-state index contributed by atoms with van der Waals surface area (Å²) in [6, 6.07) is 2.83. The Kier molecular flexibility index (Phi) is 4.74. The number of anilines is 1. The van der Waals surface area contributed by atoms with Crippen molar-refractivity contribution in [2.24, 2.45) is 0 Å². The van der Waals surface area contributed by atoms with Gasteiger partial charge in [-0.1, -0.05) is 6.07 Å². The molecule has 0 heterocycles. The van der Waals surface area contributed by atoms with Crippen LogP contribution in [0.25, 0.3) is 0 Å². The number of halogens is 8. The number of nitrogens with one attached hydrogen (secondary N) is 1. The first kappa shape index (κ1) is 18.7. The van der Waals surface area contributed by atoms with E-state index >= 15 is 0 Å². The van der Waals surface area contributed by atoms with Gasteiger partial charge in [0.1, 0.15) is 0 Å². The van der Waals surface area contributed by atoms with Crippen molar-refractivity contribution >= 4 is 11.6 Å². The molecule has 0 bridgehead atoms. The first-order chi connectivity index (χ1) is 11.4. The fourth-order valence-corrected chi connectivity index (χ4v) is 1.88. The molecular weight excluding hydrogens is 362 g/mol. The zero-order valence-corrected chi connectivity index (χ0v) is 11.9. The van der Waals surface area contributed by atoms with Gasteiger partial charge in [-0.05, 0) is 30.3 Å². The van der Waals surface area contributed by atoms with Crippen molar-refractivity contribution in [3.63, 3.8) is 0 Å². The predicted octanol–water partition coefficient (Wildman–Crippen LogP) is 5.25. The van der Waals surface area contributed by atoms with E-state index in [9.17, 15) is 39.9 Å². The van der Waals surface area contributed by atoms with Crippen molar-refractivity contribution in [3.05, 3.63) is 64.7 Å². The highest BCUT2D eigenvalue weighted by Gasteiger charge is 2.37. The van der Waals surface area contributed by atoms with E-state index in [1.165, 1.54) is 0 Å². The molecule has 0 spiro atoms. The van der Waals surface area contributed by atoms with Crippen molar-refractivity contribution in [2.75, 3.05) is 5.32 Å². The van der Waals surface area contributed by atoms with Crippen LogP contribution in [0.2, 0.25) is 0 Å². The summed E-state index contributed by atoms with van der Waals surface area (Å²) in [7, 11) is 0. The molecule has 0 radical (unpaired) electrons. The maximum absolute atomic E-state index is 13.5. The van der Waals surface area contributed by atoms with Crippen LogP contribution in [-0.2, 0) is 12.4 Å². The molecule has 2 aromatic rings. The molecule has 0 fully saturated rings. The fourth-order valence-electron chi connectivity index (χ4n) is 1.88. The zero-order valence-electron chi connectivity index (χ0n) is 11.9. The molecule has 134 valence electrons. The Morgan fingerprint density at radius 1 is 0.840 bits per heavy atom. The van der Waals surface area contributed by atoms with Crippen molar-refractivity contribution in [1.29, 1.82) is 0 Å². The Labute approximate surface area is 135 Å². The van der Waals surface area contributed by atoms with E-state index in [1.54, 1.807) is 5.32 Å². The molecule has 2 aromatic carbocycles. The Morgan fingerprint density at radius 2 is 1.36 bits per heavy atom. The molecule has 2 nitrogen and oxygen atoms in total. The lowest BCUT2D eigenvalue weighted by molar-refractivity contribution is -0.143. The number of benzene rings is 2. The molecule has 0 aliphatic rings. The highest BCUT2D eigenvalue weighted by atomic mass is 19.4. The van der Waals surface area contributed by atoms with Crippen LogP contribution in [0.5, 0.6) is 0 Å². The summed E-state index contributed by atoms with van der Waals surface area (Å²) in [6.45, 7) is 0. The van der Waals surface area contributed by atoms with E-state index in [1.807, 2.05) is 0 Å². The molecule has 1 amide bonds. The lowest BCUT2D eigenvalue weighted by Crippen LogP contribution is -2.18. The standard InChI is InChI=1S/C15H7F8NO/c16-10-2-1-3-11(12(10)17)24-13(25)7-4-8(14(18,19)20)6-9(5-7)15(21,22)23/h1-6H,(H,24,25). The van der Waals surface area contributed by atoms with Crippen molar-refractivity contribution in [1.82, 2.24) is 0 Å². The van der Waals surface area contributed by atoms with Crippen molar-refractivity contribution < 1.29 is 39.9 Å². The number of rotatable bonds is 2. The van der Waals surface area contributed by atoms with Crippen LogP contribution in [0.15, 0.2) is 36.4 Å². The SMILES string of the molecule is O=C(Nc1cccc(F)c1F)c1cc(C(F)(F)F)cc(C(F)(F)F)c1. The molecule has 0 saturated heterocycles. The van der Waals surface area contributed by atoms with Crippen LogP contribution in [0, 0.1) is 11.6 Å². The Morgan fingerprint density at radius 3 is 1.84 bits per heavy atom.